The molecule has 0 aliphatic rings. The molecule has 1 unspecified atom stereocenters. The topological polar surface area (TPSA) is 38.1 Å². The van der Waals surface area contributed by atoms with Crippen LogP contribution in [0.15, 0.2) is 40.8 Å². The van der Waals surface area contributed by atoms with Crippen LogP contribution < -0.4 is 5.32 Å². The number of fused-ring (bicyclic) bond motifs is 1. The number of nitrogens with one attached hydrogen (secondary N) is 1. The van der Waals surface area contributed by atoms with Crippen LogP contribution in [-0.2, 0) is 6.42 Å². The molecule has 1 aromatic carbocycles. The fourth-order valence-electron chi connectivity index (χ4n) is 2.29. The molecule has 3 aromatic rings. The number of thiazole rings is 1. The summed E-state index contributed by atoms with van der Waals surface area (Å²) in [5.74, 6) is 0.868. The molecule has 1 N–H and O–H groups in total. The highest BCUT2D eigenvalue weighted by Gasteiger charge is 2.17. The van der Waals surface area contributed by atoms with Crippen LogP contribution in [0.3, 0.4) is 0 Å². The molecule has 3 rings (SSSR count). The Kier molecular flexibility index (Phi) is 4.58. The Bertz CT molecular complexity index is 689. The van der Waals surface area contributed by atoms with E-state index in [9.17, 15) is 0 Å². The third-order valence-corrected chi connectivity index (χ3v) is 4.56. The quantitative estimate of drug-likeness (QED) is 0.707. The lowest BCUT2D eigenvalue weighted by molar-refractivity contribution is 0.411. The molecule has 0 amide bonds. The van der Waals surface area contributed by atoms with Gasteiger partial charge >= 0.3 is 0 Å². The minimum absolute atomic E-state index is 0.109. The van der Waals surface area contributed by atoms with Gasteiger partial charge in [-0.25, -0.2) is 4.98 Å². The van der Waals surface area contributed by atoms with E-state index in [1.54, 1.807) is 17.4 Å². The molecule has 110 valence electrons. The van der Waals surface area contributed by atoms with E-state index in [-0.39, 0.29) is 6.04 Å². The average Bonchev–Trinajstić information content (AvgIpc) is 3.08. The molecule has 5 heteroatoms. The molecule has 21 heavy (non-hydrogen) atoms. The predicted octanol–water partition coefficient (Wildman–Crippen LogP) is 4.83. The summed E-state index contributed by atoms with van der Waals surface area (Å²) in [5, 5.41) is 5.04. The lowest BCUT2D eigenvalue weighted by Gasteiger charge is -2.14. The monoisotopic (exact) mass is 320 g/mol. The van der Waals surface area contributed by atoms with Crippen molar-refractivity contribution in [2.45, 2.75) is 25.8 Å². The van der Waals surface area contributed by atoms with E-state index in [0.717, 1.165) is 35.7 Å². The van der Waals surface area contributed by atoms with Gasteiger partial charge in [-0.15, -0.1) is 11.3 Å². The Balaban J connectivity index is 1.83. The number of aromatic nitrogens is 1. The largest absolute Gasteiger partial charge is 0.448 e. The number of hydrogen-bond donors (Lipinski definition) is 1. The third kappa shape index (κ3) is 3.46. The molecule has 0 saturated heterocycles. The first-order chi connectivity index (χ1) is 10.3. The Morgan fingerprint density at radius 2 is 2.14 bits per heavy atom. The normalized spacial score (nSPS) is 12.9. The second kappa shape index (κ2) is 6.60. The van der Waals surface area contributed by atoms with Gasteiger partial charge in [0.25, 0.3) is 0 Å². The summed E-state index contributed by atoms with van der Waals surface area (Å²) in [5.41, 5.74) is 1.06. The van der Waals surface area contributed by atoms with Crippen molar-refractivity contribution in [2.75, 3.05) is 6.54 Å². The zero-order chi connectivity index (χ0) is 14.7. The molecule has 0 aliphatic carbocycles. The van der Waals surface area contributed by atoms with Crippen molar-refractivity contribution in [1.29, 1.82) is 0 Å². The maximum Gasteiger partial charge on any atom is 0.193 e. The number of halogens is 1. The van der Waals surface area contributed by atoms with Crippen molar-refractivity contribution >= 4 is 33.2 Å². The Hall–Kier alpha value is -1.36. The van der Waals surface area contributed by atoms with Crippen LogP contribution in [0, 0.1) is 0 Å². The maximum absolute atomic E-state index is 5.90. The van der Waals surface area contributed by atoms with Gasteiger partial charge in [0.05, 0.1) is 21.3 Å². The first-order valence-electron chi connectivity index (χ1n) is 7.09. The smallest absolute Gasteiger partial charge is 0.193 e. The lowest BCUT2D eigenvalue weighted by Crippen LogP contribution is -2.23. The van der Waals surface area contributed by atoms with Crippen LogP contribution in [0.1, 0.15) is 30.2 Å². The number of para-hydroxylation sites is 1. The van der Waals surface area contributed by atoms with Crippen LogP contribution in [-0.4, -0.2) is 11.5 Å². The van der Waals surface area contributed by atoms with Gasteiger partial charge in [0.2, 0.25) is 0 Å². The van der Waals surface area contributed by atoms with Gasteiger partial charge in [-0.3, -0.25) is 0 Å². The number of hydrogen-bond acceptors (Lipinski definition) is 4. The van der Waals surface area contributed by atoms with Gasteiger partial charge in [-0.05, 0) is 48.8 Å². The van der Waals surface area contributed by atoms with Crippen molar-refractivity contribution in [2.24, 2.45) is 0 Å². The second-order valence-electron chi connectivity index (χ2n) is 4.93. The van der Waals surface area contributed by atoms with Crippen molar-refractivity contribution in [1.82, 2.24) is 10.3 Å². The van der Waals surface area contributed by atoms with Gasteiger partial charge in [0, 0.05) is 6.42 Å². The van der Waals surface area contributed by atoms with Crippen LogP contribution in [0.25, 0.3) is 10.2 Å². The van der Waals surface area contributed by atoms with E-state index in [1.165, 1.54) is 4.70 Å². The Morgan fingerprint density at radius 1 is 1.29 bits per heavy atom. The van der Waals surface area contributed by atoms with Crippen LogP contribution >= 0.6 is 22.9 Å². The highest BCUT2D eigenvalue weighted by molar-refractivity contribution is 7.18. The first-order valence-corrected chi connectivity index (χ1v) is 8.28. The van der Waals surface area contributed by atoms with Crippen molar-refractivity contribution in [3.63, 3.8) is 0 Å². The van der Waals surface area contributed by atoms with Gasteiger partial charge in [0.15, 0.2) is 5.22 Å². The molecule has 1 atom stereocenters. The van der Waals surface area contributed by atoms with Gasteiger partial charge in [-0.1, -0.05) is 19.1 Å². The number of benzene rings is 1. The SMILES string of the molecule is CCCNC(Cc1nc2ccccc2s1)c1ccc(Cl)o1. The summed E-state index contributed by atoms with van der Waals surface area (Å²) in [4.78, 5) is 4.70. The van der Waals surface area contributed by atoms with Crippen LogP contribution in [0.5, 0.6) is 0 Å². The van der Waals surface area contributed by atoms with Crippen LogP contribution in [0.2, 0.25) is 5.22 Å². The van der Waals surface area contributed by atoms with Crippen molar-refractivity contribution in [3.8, 4) is 0 Å². The van der Waals surface area contributed by atoms with Gasteiger partial charge in [-0.2, -0.15) is 0 Å². The summed E-state index contributed by atoms with van der Waals surface area (Å²) in [6, 6.07) is 12.0. The average molecular weight is 321 g/mol. The maximum atomic E-state index is 5.90. The van der Waals surface area contributed by atoms with Gasteiger partial charge < -0.3 is 9.73 Å². The second-order valence-corrected chi connectivity index (χ2v) is 6.42. The van der Waals surface area contributed by atoms with E-state index < -0.39 is 0 Å². The predicted molar refractivity (Wildman–Crippen MR) is 88.1 cm³/mol. The molecule has 0 spiro atoms. The minimum Gasteiger partial charge on any atom is -0.448 e. The van der Waals surface area contributed by atoms with E-state index >= 15 is 0 Å². The fraction of sp³-hybridized carbons (Fsp3) is 0.312. The first kappa shape index (κ1) is 14.6. The van der Waals surface area contributed by atoms with E-state index in [2.05, 4.69) is 18.3 Å². The molecule has 2 aromatic heterocycles. The summed E-state index contributed by atoms with van der Waals surface area (Å²) >= 11 is 7.63. The van der Waals surface area contributed by atoms with Crippen LogP contribution in [0.4, 0.5) is 0 Å². The molecular formula is C16H17ClN2OS. The van der Waals surface area contributed by atoms with Gasteiger partial charge in [0.1, 0.15) is 5.76 Å². The van der Waals surface area contributed by atoms with E-state index in [4.69, 9.17) is 21.0 Å². The minimum atomic E-state index is 0.109. The zero-order valence-corrected chi connectivity index (χ0v) is 13.4. The number of rotatable bonds is 6. The third-order valence-electron chi connectivity index (χ3n) is 3.30. The summed E-state index contributed by atoms with van der Waals surface area (Å²) in [6.07, 6.45) is 1.88. The molecule has 0 saturated carbocycles. The molecule has 0 fully saturated rings. The summed E-state index contributed by atoms with van der Waals surface area (Å²) < 4.78 is 6.79. The summed E-state index contributed by atoms with van der Waals surface area (Å²) in [6.45, 7) is 3.09. The number of furan rings is 1. The van der Waals surface area contributed by atoms with E-state index in [0.29, 0.717) is 5.22 Å². The molecule has 2 heterocycles. The molecular weight excluding hydrogens is 304 g/mol. The standard InChI is InChI=1S/C16H17ClN2OS/c1-2-9-18-12(13-7-8-15(17)20-13)10-16-19-11-5-3-4-6-14(11)21-16/h3-8,12,18H,2,9-10H2,1H3. The Morgan fingerprint density at radius 3 is 2.86 bits per heavy atom. The van der Waals surface area contributed by atoms with E-state index in [1.807, 2.05) is 24.3 Å². The van der Waals surface area contributed by atoms with Crippen molar-refractivity contribution in [3.05, 3.63) is 52.4 Å². The summed E-state index contributed by atoms with van der Waals surface area (Å²) in [7, 11) is 0. The van der Waals surface area contributed by atoms with Crippen molar-refractivity contribution < 1.29 is 4.42 Å². The highest BCUT2D eigenvalue weighted by atomic mass is 35.5. The molecule has 3 nitrogen and oxygen atoms in total. The zero-order valence-electron chi connectivity index (χ0n) is 11.8. The Labute approximate surface area is 133 Å². The molecule has 0 aliphatic heterocycles. The lowest BCUT2D eigenvalue weighted by atomic mass is 10.1. The molecule has 0 bridgehead atoms. The molecule has 0 radical (unpaired) electrons. The fourth-order valence-corrected chi connectivity index (χ4v) is 3.45. The highest BCUT2D eigenvalue weighted by Crippen LogP contribution is 2.27. The number of nitrogens with zero attached hydrogens (tertiary/aromatic N) is 1.